The van der Waals surface area contributed by atoms with Gasteiger partial charge in [0.15, 0.2) is 9.84 Å². The third-order valence-corrected chi connectivity index (χ3v) is 4.79. The maximum atomic E-state index is 12.0. The van der Waals surface area contributed by atoms with Crippen LogP contribution in [-0.4, -0.2) is 40.9 Å². The summed E-state index contributed by atoms with van der Waals surface area (Å²) in [7, 11) is -1.18. The van der Waals surface area contributed by atoms with E-state index < -0.39 is 9.84 Å². The Morgan fingerprint density at radius 2 is 2.18 bits per heavy atom. The van der Waals surface area contributed by atoms with Crippen molar-refractivity contribution < 1.29 is 8.42 Å². The van der Waals surface area contributed by atoms with Crippen molar-refractivity contribution in [1.82, 2.24) is 5.32 Å². The first-order valence-electron chi connectivity index (χ1n) is 5.77. The lowest BCUT2D eigenvalue weighted by Gasteiger charge is -2.31. The molecule has 0 saturated carbocycles. The Balaban J connectivity index is 2.42. The van der Waals surface area contributed by atoms with Gasteiger partial charge in [0, 0.05) is 19.6 Å². The predicted octanol–water partition coefficient (Wildman–Crippen LogP) is 0.808. The number of benzene rings is 1. The summed E-state index contributed by atoms with van der Waals surface area (Å²) in [5, 5.41) is 3.09. The minimum absolute atomic E-state index is 0.215. The molecule has 1 aromatic carbocycles. The van der Waals surface area contributed by atoms with Crippen LogP contribution in [0.25, 0.3) is 0 Å². The molecular formula is C12H18N2O2S. The molecule has 0 unspecified atom stereocenters. The van der Waals surface area contributed by atoms with Gasteiger partial charge in [-0.05, 0) is 31.7 Å². The molecule has 5 heteroatoms. The number of likely N-dealkylation sites (N-methyl/N-ethyl adjacent to an activating group) is 1. The zero-order valence-corrected chi connectivity index (χ0v) is 11.0. The number of nitrogens with zero attached hydrogens (tertiary/aromatic N) is 1. The number of rotatable bonds is 3. The van der Waals surface area contributed by atoms with E-state index in [4.69, 9.17) is 0 Å². The monoisotopic (exact) mass is 254 g/mol. The van der Waals surface area contributed by atoms with E-state index in [1.807, 2.05) is 26.1 Å². The number of aryl methyl sites for hydroxylation is 1. The minimum Gasteiger partial charge on any atom is -0.368 e. The van der Waals surface area contributed by atoms with Gasteiger partial charge in [-0.2, -0.15) is 0 Å². The third-order valence-electron chi connectivity index (χ3n) is 3.05. The highest BCUT2D eigenvalue weighted by Crippen LogP contribution is 2.30. The molecule has 1 aliphatic rings. The zero-order chi connectivity index (χ0) is 12.5. The van der Waals surface area contributed by atoms with Crippen LogP contribution >= 0.6 is 0 Å². The average Bonchev–Trinajstić information content (AvgIpc) is 2.28. The van der Waals surface area contributed by atoms with Gasteiger partial charge in [-0.15, -0.1) is 0 Å². The number of sulfone groups is 1. The molecule has 1 aromatic rings. The van der Waals surface area contributed by atoms with Crippen LogP contribution in [0.4, 0.5) is 5.69 Å². The Kier molecular flexibility index (Phi) is 3.40. The molecule has 0 fully saturated rings. The third kappa shape index (κ3) is 2.45. The summed E-state index contributed by atoms with van der Waals surface area (Å²) >= 11 is 0. The zero-order valence-electron chi connectivity index (χ0n) is 10.2. The van der Waals surface area contributed by atoms with E-state index in [0.29, 0.717) is 11.4 Å². The van der Waals surface area contributed by atoms with Crippen LogP contribution in [0.3, 0.4) is 0 Å². The molecule has 1 heterocycles. The van der Waals surface area contributed by atoms with E-state index in [9.17, 15) is 8.42 Å². The molecule has 0 bridgehead atoms. The molecule has 1 N–H and O–H groups in total. The lowest BCUT2D eigenvalue weighted by Crippen LogP contribution is -2.39. The van der Waals surface area contributed by atoms with Gasteiger partial charge >= 0.3 is 0 Å². The van der Waals surface area contributed by atoms with Crippen LogP contribution < -0.4 is 10.2 Å². The molecule has 0 aromatic heterocycles. The predicted molar refractivity (Wildman–Crippen MR) is 69.4 cm³/mol. The van der Waals surface area contributed by atoms with Crippen LogP contribution in [0.15, 0.2) is 23.1 Å². The Labute approximate surface area is 103 Å². The van der Waals surface area contributed by atoms with Crippen LogP contribution in [-0.2, 0) is 9.84 Å². The summed E-state index contributed by atoms with van der Waals surface area (Å²) in [6.07, 6.45) is 0. The highest BCUT2D eigenvalue weighted by molar-refractivity contribution is 7.91. The Hall–Kier alpha value is -1.07. The van der Waals surface area contributed by atoms with Gasteiger partial charge < -0.3 is 10.2 Å². The van der Waals surface area contributed by atoms with Crippen LogP contribution in [0.2, 0.25) is 0 Å². The van der Waals surface area contributed by atoms with Crippen molar-refractivity contribution in [1.29, 1.82) is 0 Å². The van der Waals surface area contributed by atoms with E-state index >= 15 is 0 Å². The van der Waals surface area contributed by atoms with Crippen LogP contribution in [0, 0.1) is 6.92 Å². The van der Waals surface area contributed by atoms with E-state index in [-0.39, 0.29) is 5.75 Å². The van der Waals surface area contributed by atoms with Gasteiger partial charge in [0.2, 0.25) is 0 Å². The first-order chi connectivity index (χ1) is 8.04. The second-order valence-corrected chi connectivity index (χ2v) is 6.46. The van der Waals surface area contributed by atoms with E-state index in [0.717, 1.165) is 24.3 Å². The molecule has 4 nitrogen and oxygen atoms in total. The summed E-state index contributed by atoms with van der Waals surface area (Å²) in [6, 6.07) is 5.55. The quantitative estimate of drug-likeness (QED) is 0.867. The minimum atomic E-state index is -3.08. The summed E-state index contributed by atoms with van der Waals surface area (Å²) in [5.74, 6) is 0.215. The molecule has 17 heavy (non-hydrogen) atoms. The molecule has 0 amide bonds. The van der Waals surface area contributed by atoms with Crippen molar-refractivity contribution in [3.05, 3.63) is 23.8 Å². The molecule has 0 aliphatic carbocycles. The van der Waals surface area contributed by atoms with Gasteiger partial charge in [0.25, 0.3) is 0 Å². The van der Waals surface area contributed by atoms with Crippen LogP contribution in [0.1, 0.15) is 5.56 Å². The number of nitrogens with one attached hydrogen (secondary N) is 1. The summed E-state index contributed by atoms with van der Waals surface area (Å²) in [6.45, 7) is 4.26. The smallest absolute Gasteiger partial charge is 0.182 e. The topological polar surface area (TPSA) is 49.4 Å². The number of hydrogen-bond acceptors (Lipinski definition) is 4. The second-order valence-electron chi connectivity index (χ2n) is 4.38. The Morgan fingerprint density at radius 3 is 2.88 bits per heavy atom. The van der Waals surface area contributed by atoms with Crippen LogP contribution in [0.5, 0.6) is 0 Å². The first kappa shape index (κ1) is 12.4. The largest absolute Gasteiger partial charge is 0.368 e. The van der Waals surface area contributed by atoms with E-state index in [1.54, 1.807) is 6.07 Å². The molecule has 0 saturated heterocycles. The standard InChI is InChI=1S/C12H18N2O2S/c1-10-3-4-12-11(9-10)14(6-5-13-2)7-8-17(12,15)16/h3-4,9,13H,5-8H2,1-2H3. The number of fused-ring (bicyclic) bond motifs is 1. The highest BCUT2D eigenvalue weighted by atomic mass is 32.2. The first-order valence-corrected chi connectivity index (χ1v) is 7.43. The van der Waals surface area contributed by atoms with Gasteiger partial charge in [0.1, 0.15) is 0 Å². The normalized spacial score (nSPS) is 17.9. The SMILES string of the molecule is CNCCN1CCS(=O)(=O)c2ccc(C)cc21. The van der Waals surface area contributed by atoms with Crippen molar-refractivity contribution in [2.75, 3.05) is 37.3 Å². The van der Waals surface area contributed by atoms with Crippen molar-refractivity contribution in [2.24, 2.45) is 0 Å². The fraction of sp³-hybridized carbons (Fsp3) is 0.500. The molecule has 0 radical (unpaired) electrons. The molecular weight excluding hydrogens is 236 g/mol. The van der Waals surface area contributed by atoms with E-state index in [2.05, 4.69) is 10.2 Å². The average molecular weight is 254 g/mol. The lowest BCUT2D eigenvalue weighted by atomic mass is 10.2. The van der Waals surface area contributed by atoms with Crippen molar-refractivity contribution in [3.8, 4) is 0 Å². The molecule has 94 valence electrons. The fourth-order valence-electron chi connectivity index (χ4n) is 2.08. The number of hydrogen-bond donors (Lipinski definition) is 1. The van der Waals surface area contributed by atoms with Crippen molar-refractivity contribution in [3.63, 3.8) is 0 Å². The Bertz CT molecular complexity index is 511. The lowest BCUT2D eigenvalue weighted by molar-refractivity contribution is 0.588. The maximum Gasteiger partial charge on any atom is 0.182 e. The van der Waals surface area contributed by atoms with Crippen molar-refractivity contribution in [2.45, 2.75) is 11.8 Å². The molecule has 0 spiro atoms. The number of anilines is 1. The van der Waals surface area contributed by atoms with E-state index in [1.165, 1.54) is 0 Å². The maximum absolute atomic E-state index is 12.0. The van der Waals surface area contributed by atoms with Gasteiger partial charge in [0.05, 0.1) is 16.3 Å². The summed E-state index contributed by atoms with van der Waals surface area (Å²) < 4.78 is 23.9. The van der Waals surface area contributed by atoms with Crippen molar-refractivity contribution >= 4 is 15.5 Å². The van der Waals surface area contributed by atoms with Gasteiger partial charge in [-0.3, -0.25) is 0 Å². The van der Waals surface area contributed by atoms with Gasteiger partial charge in [-0.1, -0.05) is 6.07 Å². The molecule has 0 atom stereocenters. The van der Waals surface area contributed by atoms with Gasteiger partial charge in [-0.25, -0.2) is 8.42 Å². The molecule has 2 rings (SSSR count). The highest BCUT2D eigenvalue weighted by Gasteiger charge is 2.27. The summed E-state index contributed by atoms with van der Waals surface area (Å²) in [4.78, 5) is 2.62. The molecule has 1 aliphatic heterocycles. The second kappa shape index (κ2) is 4.66. The fourth-order valence-corrected chi connectivity index (χ4v) is 3.54. The Morgan fingerprint density at radius 1 is 1.41 bits per heavy atom. The summed E-state index contributed by atoms with van der Waals surface area (Å²) in [5.41, 5.74) is 1.95.